The molecule has 0 saturated carbocycles. The number of ether oxygens (including phenoxy) is 1. The standard InChI is InChI=1S/C14H20N2O2/c1-2-3-14(17)16-13-10-18-9-12(13)8-11-4-6-15-7-5-11/h4-7,12-13H,2-3,8-10H2,1H3,(H,16,17)/t12-,13+/m1/s1. The lowest BCUT2D eigenvalue weighted by Gasteiger charge is -2.19. The minimum Gasteiger partial charge on any atom is -0.379 e. The molecule has 4 nitrogen and oxygen atoms in total. The van der Waals surface area contributed by atoms with E-state index >= 15 is 0 Å². The van der Waals surface area contributed by atoms with Crippen LogP contribution in [0.3, 0.4) is 0 Å². The molecule has 2 heterocycles. The van der Waals surface area contributed by atoms with E-state index in [1.54, 1.807) is 12.4 Å². The van der Waals surface area contributed by atoms with E-state index in [1.807, 2.05) is 19.1 Å². The molecule has 0 aliphatic carbocycles. The van der Waals surface area contributed by atoms with Crippen molar-refractivity contribution in [1.82, 2.24) is 10.3 Å². The number of pyridine rings is 1. The van der Waals surface area contributed by atoms with Crippen molar-refractivity contribution in [2.24, 2.45) is 5.92 Å². The van der Waals surface area contributed by atoms with Gasteiger partial charge < -0.3 is 10.1 Å². The third-order valence-electron chi connectivity index (χ3n) is 3.27. The Morgan fingerprint density at radius 3 is 2.94 bits per heavy atom. The Bertz CT molecular complexity index is 381. The van der Waals surface area contributed by atoms with Crippen molar-refractivity contribution >= 4 is 5.91 Å². The fourth-order valence-electron chi connectivity index (χ4n) is 2.29. The SMILES string of the molecule is CCCC(=O)N[C@H]1COC[C@H]1Cc1ccncc1. The second-order valence-corrected chi connectivity index (χ2v) is 4.78. The largest absolute Gasteiger partial charge is 0.379 e. The number of hydrogen-bond acceptors (Lipinski definition) is 3. The van der Waals surface area contributed by atoms with Gasteiger partial charge in [0.15, 0.2) is 0 Å². The number of nitrogens with one attached hydrogen (secondary N) is 1. The minimum atomic E-state index is 0.132. The summed E-state index contributed by atoms with van der Waals surface area (Å²) >= 11 is 0. The Labute approximate surface area is 108 Å². The first-order valence-corrected chi connectivity index (χ1v) is 6.55. The molecule has 2 rings (SSSR count). The second-order valence-electron chi connectivity index (χ2n) is 4.78. The summed E-state index contributed by atoms with van der Waals surface area (Å²) in [5, 5.41) is 3.07. The molecule has 1 aromatic heterocycles. The first kappa shape index (κ1) is 13.0. The molecule has 4 heteroatoms. The van der Waals surface area contributed by atoms with Crippen molar-refractivity contribution < 1.29 is 9.53 Å². The van der Waals surface area contributed by atoms with Crippen molar-refractivity contribution in [2.75, 3.05) is 13.2 Å². The van der Waals surface area contributed by atoms with Crippen molar-refractivity contribution in [2.45, 2.75) is 32.2 Å². The molecular weight excluding hydrogens is 228 g/mol. The number of hydrogen-bond donors (Lipinski definition) is 1. The number of nitrogens with zero attached hydrogens (tertiary/aromatic N) is 1. The fraction of sp³-hybridized carbons (Fsp3) is 0.571. The van der Waals surface area contributed by atoms with Crippen molar-refractivity contribution in [1.29, 1.82) is 0 Å². The first-order chi connectivity index (χ1) is 8.79. The van der Waals surface area contributed by atoms with E-state index < -0.39 is 0 Å². The highest BCUT2D eigenvalue weighted by atomic mass is 16.5. The lowest BCUT2D eigenvalue weighted by Crippen LogP contribution is -2.40. The van der Waals surface area contributed by atoms with Gasteiger partial charge in [-0.25, -0.2) is 0 Å². The summed E-state index contributed by atoms with van der Waals surface area (Å²) in [6, 6.07) is 4.18. The monoisotopic (exact) mass is 248 g/mol. The van der Waals surface area contributed by atoms with Crippen LogP contribution < -0.4 is 5.32 Å². The fourth-order valence-corrected chi connectivity index (χ4v) is 2.29. The van der Waals surface area contributed by atoms with Crippen LogP contribution in [0, 0.1) is 5.92 Å². The number of rotatable bonds is 5. The highest BCUT2D eigenvalue weighted by molar-refractivity contribution is 5.76. The topological polar surface area (TPSA) is 51.2 Å². The van der Waals surface area contributed by atoms with Crippen LogP contribution in [0.15, 0.2) is 24.5 Å². The number of aromatic nitrogens is 1. The van der Waals surface area contributed by atoms with Crippen LogP contribution in [-0.2, 0) is 16.0 Å². The number of amides is 1. The van der Waals surface area contributed by atoms with Gasteiger partial charge in [0, 0.05) is 24.7 Å². The van der Waals surface area contributed by atoms with Crippen LogP contribution in [0.2, 0.25) is 0 Å². The zero-order chi connectivity index (χ0) is 12.8. The minimum absolute atomic E-state index is 0.132. The van der Waals surface area contributed by atoms with Gasteiger partial charge in [0.05, 0.1) is 19.3 Å². The van der Waals surface area contributed by atoms with E-state index in [4.69, 9.17) is 4.74 Å². The molecule has 1 aliphatic heterocycles. The highest BCUT2D eigenvalue weighted by Crippen LogP contribution is 2.19. The molecule has 0 unspecified atom stereocenters. The van der Waals surface area contributed by atoms with E-state index in [1.165, 1.54) is 5.56 Å². The molecule has 2 atom stereocenters. The second kappa shape index (κ2) is 6.50. The zero-order valence-corrected chi connectivity index (χ0v) is 10.8. The lowest BCUT2D eigenvalue weighted by atomic mass is 9.95. The molecule has 0 aromatic carbocycles. The summed E-state index contributed by atoms with van der Waals surface area (Å²) < 4.78 is 5.49. The summed E-state index contributed by atoms with van der Waals surface area (Å²) in [4.78, 5) is 15.6. The lowest BCUT2D eigenvalue weighted by molar-refractivity contribution is -0.122. The first-order valence-electron chi connectivity index (χ1n) is 6.55. The average molecular weight is 248 g/mol. The Balaban J connectivity index is 1.89. The normalized spacial score (nSPS) is 22.9. The Morgan fingerprint density at radius 2 is 2.22 bits per heavy atom. The molecule has 1 amide bonds. The maximum Gasteiger partial charge on any atom is 0.220 e. The van der Waals surface area contributed by atoms with Crippen LogP contribution in [0.1, 0.15) is 25.3 Å². The Kier molecular flexibility index (Phi) is 4.70. The third kappa shape index (κ3) is 3.53. The smallest absolute Gasteiger partial charge is 0.220 e. The predicted molar refractivity (Wildman–Crippen MR) is 69.1 cm³/mol. The van der Waals surface area contributed by atoms with Crippen molar-refractivity contribution in [3.05, 3.63) is 30.1 Å². The van der Waals surface area contributed by atoms with Gasteiger partial charge in [-0.15, -0.1) is 0 Å². The van der Waals surface area contributed by atoms with Gasteiger partial charge in [-0.1, -0.05) is 6.92 Å². The van der Waals surface area contributed by atoms with Gasteiger partial charge in [-0.3, -0.25) is 9.78 Å². The van der Waals surface area contributed by atoms with Gasteiger partial charge in [0.25, 0.3) is 0 Å². The zero-order valence-electron chi connectivity index (χ0n) is 10.8. The molecular formula is C14H20N2O2. The van der Waals surface area contributed by atoms with E-state index in [2.05, 4.69) is 10.3 Å². The quantitative estimate of drug-likeness (QED) is 0.860. The van der Waals surface area contributed by atoms with Crippen molar-refractivity contribution in [3.63, 3.8) is 0 Å². The van der Waals surface area contributed by atoms with Crippen LogP contribution in [0.25, 0.3) is 0 Å². The molecule has 1 fully saturated rings. The van der Waals surface area contributed by atoms with E-state index in [0.717, 1.165) is 19.4 Å². The van der Waals surface area contributed by atoms with E-state index in [9.17, 15) is 4.79 Å². The van der Waals surface area contributed by atoms with Crippen molar-refractivity contribution in [3.8, 4) is 0 Å². The molecule has 1 aliphatic rings. The molecule has 0 radical (unpaired) electrons. The van der Waals surface area contributed by atoms with Crippen LogP contribution in [0.4, 0.5) is 0 Å². The molecule has 98 valence electrons. The van der Waals surface area contributed by atoms with Gasteiger partial charge >= 0.3 is 0 Å². The van der Waals surface area contributed by atoms with Crippen LogP contribution in [-0.4, -0.2) is 30.1 Å². The predicted octanol–water partition coefficient (Wildman–Crippen LogP) is 1.56. The summed E-state index contributed by atoms with van der Waals surface area (Å²) in [7, 11) is 0. The Morgan fingerprint density at radius 1 is 1.44 bits per heavy atom. The highest BCUT2D eigenvalue weighted by Gasteiger charge is 2.29. The van der Waals surface area contributed by atoms with Gasteiger partial charge in [0.2, 0.25) is 5.91 Å². The van der Waals surface area contributed by atoms with Gasteiger partial charge in [0.1, 0.15) is 0 Å². The number of carbonyl (C=O) groups is 1. The van der Waals surface area contributed by atoms with Crippen LogP contribution in [0.5, 0.6) is 0 Å². The number of carbonyl (C=O) groups excluding carboxylic acids is 1. The molecule has 1 saturated heterocycles. The Hall–Kier alpha value is -1.42. The van der Waals surface area contributed by atoms with E-state index in [-0.39, 0.29) is 11.9 Å². The molecule has 0 spiro atoms. The molecule has 18 heavy (non-hydrogen) atoms. The molecule has 1 N–H and O–H groups in total. The molecule has 1 aromatic rings. The van der Waals surface area contributed by atoms with Gasteiger partial charge in [-0.2, -0.15) is 0 Å². The summed E-state index contributed by atoms with van der Waals surface area (Å²) in [5.41, 5.74) is 1.25. The average Bonchev–Trinajstić information content (AvgIpc) is 2.78. The molecule has 0 bridgehead atoms. The maximum absolute atomic E-state index is 11.6. The van der Waals surface area contributed by atoms with E-state index in [0.29, 0.717) is 18.9 Å². The summed E-state index contributed by atoms with van der Waals surface area (Å²) in [6.45, 7) is 3.36. The summed E-state index contributed by atoms with van der Waals surface area (Å²) in [5.74, 6) is 0.501. The van der Waals surface area contributed by atoms with Crippen LogP contribution >= 0.6 is 0 Å². The maximum atomic E-state index is 11.6. The van der Waals surface area contributed by atoms with Gasteiger partial charge in [-0.05, 0) is 30.5 Å². The summed E-state index contributed by atoms with van der Waals surface area (Å²) in [6.07, 6.45) is 6.01. The third-order valence-corrected chi connectivity index (χ3v) is 3.27.